The smallest absolute Gasteiger partial charge is 0.206 e. The van der Waals surface area contributed by atoms with E-state index in [1.807, 2.05) is 0 Å². The highest BCUT2D eigenvalue weighted by Crippen LogP contribution is 2.31. The normalized spacial score (nSPS) is 17.2. The van der Waals surface area contributed by atoms with Gasteiger partial charge in [0.2, 0.25) is 29.1 Å². The largest absolute Gasteiger partial charge is 0.485 e. The zero-order valence-corrected chi connectivity index (χ0v) is 11.1. The standard InChI is InChI=1S/C14H15F5O2/c15-9-10(16)12(18)14(13(19)11(9)17)21-6-8(20)5-7-3-1-2-4-7/h7-8,20H,1-6H2. The maximum atomic E-state index is 13.3. The lowest BCUT2D eigenvalue weighted by Crippen LogP contribution is -2.21. The predicted molar refractivity (Wildman–Crippen MR) is 64.3 cm³/mol. The summed E-state index contributed by atoms with van der Waals surface area (Å²) in [6, 6.07) is 0. The number of ether oxygens (including phenoxy) is 1. The summed E-state index contributed by atoms with van der Waals surface area (Å²) in [7, 11) is 0. The highest BCUT2D eigenvalue weighted by molar-refractivity contribution is 5.29. The third-order valence-electron chi connectivity index (χ3n) is 3.67. The van der Waals surface area contributed by atoms with Crippen LogP contribution in [0.4, 0.5) is 22.0 Å². The highest BCUT2D eigenvalue weighted by Gasteiger charge is 2.28. The van der Waals surface area contributed by atoms with Gasteiger partial charge in [-0.05, 0) is 12.3 Å². The molecule has 1 aromatic carbocycles. The van der Waals surface area contributed by atoms with Crippen LogP contribution in [0, 0.1) is 35.0 Å². The van der Waals surface area contributed by atoms with Crippen molar-refractivity contribution in [3.63, 3.8) is 0 Å². The van der Waals surface area contributed by atoms with Gasteiger partial charge in [0.25, 0.3) is 0 Å². The van der Waals surface area contributed by atoms with Crippen molar-refractivity contribution in [1.82, 2.24) is 0 Å². The Morgan fingerprint density at radius 3 is 1.90 bits per heavy atom. The molecule has 0 heterocycles. The van der Waals surface area contributed by atoms with Gasteiger partial charge in [0.1, 0.15) is 6.61 Å². The number of hydrogen-bond donors (Lipinski definition) is 1. The van der Waals surface area contributed by atoms with Gasteiger partial charge in [0, 0.05) is 0 Å². The van der Waals surface area contributed by atoms with Gasteiger partial charge in [-0.1, -0.05) is 25.7 Å². The molecule has 2 nitrogen and oxygen atoms in total. The number of benzene rings is 1. The zero-order chi connectivity index (χ0) is 15.6. The van der Waals surface area contributed by atoms with E-state index in [1.165, 1.54) is 0 Å². The van der Waals surface area contributed by atoms with Gasteiger partial charge in [-0.15, -0.1) is 0 Å². The van der Waals surface area contributed by atoms with Crippen molar-refractivity contribution in [3.8, 4) is 5.75 Å². The molecular weight excluding hydrogens is 295 g/mol. The SMILES string of the molecule is OC(COc1c(F)c(F)c(F)c(F)c1F)CC1CCCC1. The Balaban J connectivity index is 2.02. The van der Waals surface area contributed by atoms with E-state index in [0.29, 0.717) is 12.3 Å². The first-order chi connectivity index (χ1) is 9.91. The lowest BCUT2D eigenvalue weighted by Gasteiger charge is -2.17. The van der Waals surface area contributed by atoms with Crippen molar-refractivity contribution in [2.24, 2.45) is 5.92 Å². The van der Waals surface area contributed by atoms with Gasteiger partial charge in [-0.2, -0.15) is 8.78 Å². The number of aliphatic hydroxyl groups excluding tert-OH is 1. The van der Waals surface area contributed by atoms with Crippen molar-refractivity contribution in [2.45, 2.75) is 38.2 Å². The highest BCUT2D eigenvalue weighted by atomic mass is 19.2. The molecule has 1 saturated carbocycles. The van der Waals surface area contributed by atoms with E-state index in [9.17, 15) is 27.1 Å². The number of rotatable bonds is 5. The maximum Gasteiger partial charge on any atom is 0.206 e. The molecule has 1 aliphatic rings. The van der Waals surface area contributed by atoms with Crippen LogP contribution in [0.1, 0.15) is 32.1 Å². The minimum atomic E-state index is -2.23. The molecule has 1 fully saturated rings. The molecule has 1 N–H and O–H groups in total. The lowest BCUT2D eigenvalue weighted by molar-refractivity contribution is 0.0804. The van der Waals surface area contributed by atoms with Crippen molar-refractivity contribution in [2.75, 3.05) is 6.61 Å². The second-order valence-corrected chi connectivity index (χ2v) is 5.25. The average molecular weight is 310 g/mol. The third-order valence-corrected chi connectivity index (χ3v) is 3.67. The van der Waals surface area contributed by atoms with Crippen LogP contribution in [-0.4, -0.2) is 17.8 Å². The van der Waals surface area contributed by atoms with Gasteiger partial charge in [0.15, 0.2) is 5.75 Å². The van der Waals surface area contributed by atoms with E-state index in [4.69, 9.17) is 0 Å². The van der Waals surface area contributed by atoms with Gasteiger partial charge < -0.3 is 9.84 Å². The molecule has 1 atom stereocenters. The summed E-state index contributed by atoms with van der Waals surface area (Å²) >= 11 is 0. The van der Waals surface area contributed by atoms with Crippen LogP contribution >= 0.6 is 0 Å². The van der Waals surface area contributed by atoms with Crippen molar-refractivity contribution < 1.29 is 31.8 Å². The first-order valence-corrected chi connectivity index (χ1v) is 6.74. The maximum absolute atomic E-state index is 13.3. The Bertz CT molecular complexity index is 486. The first-order valence-electron chi connectivity index (χ1n) is 6.74. The molecule has 7 heteroatoms. The molecule has 0 bridgehead atoms. The number of halogens is 5. The van der Waals surface area contributed by atoms with Crippen LogP contribution in [0.5, 0.6) is 5.75 Å². The topological polar surface area (TPSA) is 29.5 Å². The summed E-state index contributed by atoms with van der Waals surface area (Å²) in [6.07, 6.45) is 3.42. The second kappa shape index (κ2) is 6.60. The van der Waals surface area contributed by atoms with E-state index in [2.05, 4.69) is 4.74 Å². The van der Waals surface area contributed by atoms with E-state index in [-0.39, 0.29) is 0 Å². The van der Waals surface area contributed by atoms with Gasteiger partial charge in [-0.3, -0.25) is 0 Å². The van der Waals surface area contributed by atoms with Gasteiger partial charge in [-0.25, -0.2) is 13.2 Å². The molecule has 0 aromatic heterocycles. The van der Waals surface area contributed by atoms with Crippen LogP contribution in [0.15, 0.2) is 0 Å². The van der Waals surface area contributed by atoms with Crippen LogP contribution < -0.4 is 4.74 Å². The van der Waals surface area contributed by atoms with Crippen LogP contribution in [-0.2, 0) is 0 Å². The Hall–Kier alpha value is -1.37. The Labute approximate surface area is 118 Å². The Kier molecular flexibility index (Phi) is 5.03. The summed E-state index contributed by atoms with van der Waals surface area (Å²) in [5, 5.41) is 9.71. The molecule has 1 aromatic rings. The molecule has 0 spiro atoms. The Morgan fingerprint density at radius 1 is 0.905 bits per heavy atom. The van der Waals surface area contributed by atoms with Gasteiger partial charge in [0.05, 0.1) is 6.10 Å². The molecule has 0 radical (unpaired) electrons. The quantitative estimate of drug-likeness (QED) is 0.510. The summed E-state index contributed by atoms with van der Waals surface area (Å²) in [4.78, 5) is 0. The average Bonchev–Trinajstić information content (AvgIpc) is 2.96. The monoisotopic (exact) mass is 310 g/mol. The molecule has 118 valence electrons. The fraction of sp³-hybridized carbons (Fsp3) is 0.571. The number of hydrogen-bond acceptors (Lipinski definition) is 2. The fourth-order valence-electron chi connectivity index (χ4n) is 2.59. The molecule has 0 aliphatic heterocycles. The van der Waals surface area contributed by atoms with Gasteiger partial charge >= 0.3 is 0 Å². The molecule has 1 aliphatic carbocycles. The van der Waals surface area contributed by atoms with Crippen LogP contribution in [0.25, 0.3) is 0 Å². The van der Waals surface area contributed by atoms with Crippen molar-refractivity contribution in [3.05, 3.63) is 29.1 Å². The first kappa shape index (κ1) is 16.0. The fourth-order valence-corrected chi connectivity index (χ4v) is 2.59. The van der Waals surface area contributed by atoms with E-state index >= 15 is 0 Å². The molecule has 2 rings (SSSR count). The lowest BCUT2D eigenvalue weighted by atomic mass is 10.0. The third kappa shape index (κ3) is 3.45. The molecule has 0 amide bonds. The summed E-state index contributed by atoms with van der Waals surface area (Å²) in [6.45, 7) is -0.519. The molecule has 1 unspecified atom stereocenters. The molecular formula is C14H15F5O2. The van der Waals surface area contributed by atoms with Crippen LogP contribution in [0.2, 0.25) is 0 Å². The van der Waals surface area contributed by atoms with E-state index < -0.39 is 47.5 Å². The minimum Gasteiger partial charge on any atom is -0.485 e. The number of aliphatic hydroxyl groups is 1. The summed E-state index contributed by atoms with van der Waals surface area (Å²) in [5.74, 6) is -11.5. The van der Waals surface area contributed by atoms with Crippen molar-refractivity contribution >= 4 is 0 Å². The minimum absolute atomic E-state index is 0.306. The van der Waals surface area contributed by atoms with Crippen molar-refractivity contribution in [1.29, 1.82) is 0 Å². The Morgan fingerprint density at radius 2 is 1.38 bits per heavy atom. The second-order valence-electron chi connectivity index (χ2n) is 5.25. The molecule has 0 saturated heterocycles. The zero-order valence-electron chi connectivity index (χ0n) is 11.1. The van der Waals surface area contributed by atoms with Crippen LogP contribution in [0.3, 0.4) is 0 Å². The van der Waals surface area contributed by atoms with E-state index in [1.54, 1.807) is 0 Å². The van der Waals surface area contributed by atoms with E-state index in [0.717, 1.165) is 25.7 Å². The predicted octanol–water partition coefficient (Wildman–Crippen LogP) is 3.70. The summed E-state index contributed by atoms with van der Waals surface area (Å²) < 4.78 is 70.0. The summed E-state index contributed by atoms with van der Waals surface area (Å²) in [5.41, 5.74) is 0. The molecule has 21 heavy (non-hydrogen) atoms.